The van der Waals surface area contributed by atoms with Gasteiger partial charge in [-0.1, -0.05) is 30.3 Å². The van der Waals surface area contributed by atoms with E-state index in [1.165, 1.54) is 12.5 Å². The molecule has 7 heteroatoms. The number of hydrogen-bond donors (Lipinski definition) is 1. The molecule has 2 aromatic carbocycles. The lowest BCUT2D eigenvalue weighted by Gasteiger charge is -2.31. The summed E-state index contributed by atoms with van der Waals surface area (Å²) in [6, 6.07) is 13.8. The summed E-state index contributed by atoms with van der Waals surface area (Å²) in [4.78, 5) is 30.9. The molecule has 0 saturated carbocycles. The van der Waals surface area contributed by atoms with Gasteiger partial charge in [-0.15, -0.1) is 0 Å². The average Bonchev–Trinajstić information content (AvgIpc) is 3.35. The van der Waals surface area contributed by atoms with Gasteiger partial charge in [0.15, 0.2) is 12.2 Å². The molecular formula is C24H24FN3O3. The number of rotatable bonds is 6. The monoisotopic (exact) mass is 421 g/mol. The zero-order chi connectivity index (χ0) is 21.6. The fraction of sp³-hybridized carbons (Fsp3) is 0.292. The Morgan fingerprint density at radius 1 is 1.10 bits per heavy atom. The maximum absolute atomic E-state index is 13.7. The predicted octanol–water partition coefficient (Wildman–Crippen LogP) is 3.69. The Bertz CT molecular complexity index is 1030. The SMILES string of the molecule is O=C(NCCc1ccccc1F)C1CCN(C(=O)c2ccc(-c3cnco3)cc2)CC1. The van der Waals surface area contributed by atoms with Crippen molar-refractivity contribution < 1.29 is 18.4 Å². The summed E-state index contributed by atoms with van der Waals surface area (Å²) in [6.45, 7) is 1.47. The maximum Gasteiger partial charge on any atom is 0.253 e. The number of likely N-dealkylation sites (tertiary alicyclic amines) is 1. The minimum absolute atomic E-state index is 0.0279. The number of nitrogens with zero attached hydrogens (tertiary/aromatic N) is 2. The third-order valence-electron chi connectivity index (χ3n) is 5.65. The summed E-state index contributed by atoms with van der Waals surface area (Å²) in [5.74, 6) is 0.208. The Morgan fingerprint density at radius 2 is 1.84 bits per heavy atom. The first-order valence-corrected chi connectivity index (χ1v) is 10.4. The number of carbonyl (C=O) groups is 2. The van der Waals surface area contributed by atoms with Crippen LogP contribution in [0.1, 0.15) is 28.8 Å². The molecule has 0 radical (unpaired) electrons. The Hall–Kier alpha value is -3.48. The van der Waals surface area contributed by atoms with Crippen LogP contribution >= 0.6 is 0 Å². The third-order valence-corrected chi connectivity index (χ3v) is 5.65. The van der Waals surface area contributed by atoms with Crippen molar-refractivity contribution in [3.8, 4) is 11.3 Å². The summed E-state index contributed by atoms with van der Waals surface area (Å²) in [7, 11) is 0. The lowest BCUT2D eigenvalue weighted by Crippen LogP contribution is -2.43. The highest BCUT2D eigenvalue weighted by molar-refractivity contribution is 5.94. The first-order chi connectivity index (χ1) is 15.1. The van der Waals surface area contributed by atoms with Crippen LogP contribution in [0.4, 0.5) is 4.39 Å². The molecule has 0 unspecified atom stereocenters. The number of halogens is 1. The van der Waals surface area contributed by atoms with E-state index in [1.54, 1.807) is 41.4 Å². The molecule has 1 aliphatic heterocycles. The Kier molecular flexibility index (Phi) is 6.40. The highest BCUT2D eigenvalue weighted by Crippen LogP contribution is 2.22. The molecule has 1 fully saturated rings. The van der Waals surface area contributed by atoms with Crippen molar-refractivity contribution in [1.29, 1.82) is 0 Å². The lowest BCUT2D eigenvalue weighted by molar-refractivity contribution is -0.126. The first kappa shape index (κ1) is 20.8. The summed E-state index contributed by atoms with van der Waals surface area (Å²) < 4.78 is 18.9. The second-order valence-corrected chi connectivity index (χ2v) is 7.64. The number of benzene rings is 2. The van der Waals surface area contributed by atoms with E-state index >= 15 is 0 Å². The van der Waals surface area contributed by atoms with Crippen LogP contribution in [0.5, 0.6) is 0 Å². The van der Waals surface area contributed by atoms with Crippen molar-refractivity contribution in [2.24, 2.45) is 5.92 Å². The molecule has 160 valence electrons. The van der Waals surface area contributed by atoms with Gasteiger partial charge in [0, 0.05) is 36.7 Å². The van der Waals surface area contributed by atoms with E-state index in [9.17, 15) is 14.0 Å². The standard InChI is InChI=1S/C24H24FN3O3/c25-21-4-2-1-3-17(21)9-12-27-23(29)19-10-13-28(14-11-19)24(30)20-7-5-18(6-8-20)22-15-26-16-31-22/h1-8,15-16,19H,9-14H2,(H,27,29). The van der Waals surface area contributed by atoms with Crippen LogP contribution in [0.3, 0.4) is 0 Å². The molecule has 2 heterocycles. The minimum Gasteiger partial charge on any atom is -0.444 e. The highest BCUT2D eigenvalue weighted by atomic mass is 19.1. The fourth-order valence-corrected chi connectivity index (χ4v) is 3.83. The van der Waals surface area contributed by atoms with Crippen LogP contribution in [0.2, 0.25) is 0 Å². The lowest BCUT2D eigenvalue weighted by atomic mass is 9.95. The Morgan fingerprint density at radius 3 is 2.52 bits per heavy atom. The molecule has 2 amide bonds. The Labute approximate surface area is 180 Å². The molecule has 0 aliphatic carbocycles. The molecule has 0 atom stereocenters. The first-order valence-electron chi connectivity index (χ1n) is 10.4. The molecule has 1 aromatic heterocycles. The molecule has 4 rings (SSSR count). The number of piperidine rings is 1. The van der Waals surface area contributed by atoms with E-state index in [4.69, 9.17) is 4.42 Å². The number of hydrogen-bond acceptors (Lipinski definition) is 4. The second kappa shape index (κ2) is 9.55. The van der Waals surface area contributed by atoms with Crippen LogP contribution < -0.4 is 5.32 Å². The summed E-state index contributed by atoms with van der Waals surface area (Å²) >= 11 is 0. The quantitative estimate of drug-likeness (QED) is 0.659. The summed E-state index contributed by atoms with van der Waals surface area (Å²) in [5, 5.41) is 2.90. The molecule has 0 spiro atoms. The number of nitrogens with one attached hydrogen (secondary N) is 1. The van der Waals surface area contributed by atoms with E-state index in [0.717, 1.165) is 5.56 Å². The number of amides is 2. The van der Waals surface area contributed by atoms with Gasteiger partial charge in [0.2, 0.25) is 5.91 Å². The van der Waals surface area contributed by atoms with Crippen LogP contribution in [-0.4, -0.2) is 41.3 Å². The van der Waals surface area contributed by atoms with Gasteiger partial charge in [-0.2, -0.15) is 0 Å². The van der Waals surface area contributed by atoms with Crippen LogP contribution in [-0.2, 0) is 11.2 Å². The van der Waals surface area contributed by atoms with E-state index in [0.29, 0.717) is 55.8 Å². The summed E-state index contributed by atoms with van der Waals surface area (Å²) in [6.07, 6.45) is 4.69. The minimum atomic E-state index is -0.252. The Balaban J connectivity index is 1.24. The van der Waals surface area contributed by atoms with Gasteiger partial charge in [-0.25, -0.2) is 9.37 Å². The topological polar surface area (TPSA) is 75.4 Å². The van der Waals surface area contributed by atoms with E-state index < -0.39 is 0 Å². The molecular weight excluding hydrogens is 397 g/mol. The molecule has 0 bridgehead atoms. The smallest absolute Gasteiger partial charge is 0.253 e. The third kappa shape index (κ3) is 4.99. The van der Waals surface area contributed by atoms with E-state index in [2.05, 4.69) is 10.3 Å². The van der Waals surface area contributed by atoms with Gasteiger partial charge in [-0.05, 0) is 43.0 Å². The van der Waals surface area contributed by atoms with Crippen molar-refractivity contribution in [3.63, 3.8) is 0 Å². The number of aromatic nitrogens is 1. The second-order valence-electron chi connectivity index (χ2n) is 7.64. The maximum atomic E-state index is 13.7. The van der Waals surface area contributed by atoms with Crippen LogP contribution in [0.25, 0.3) is 11.3 Å². The number of oxazole rings is 1. The van der Waals surface area contributed by atoms with Gasteiger partial charge in [0.05, 0.1) is 6.20 Å². The van der Waals surface area contributed by atoms with E-state index in [-0.39, 0.29) is 23.5 Å². The summed E-state index contributed by atoms with van der Waals surface area (Å²) in [5.41, 5.74) is 2.06. The zero-order valence-corrected chi connectivity index (χ0v) is 17.1. The molecule has 1 N–H and O–H groups in total. The van der Waals surface area contributed by atoms with Gasteiger partial charge < -0.3 is 14.6 Å². The highest BCUT2D eigenvalue weighted by Gasteiger charge is 2.27. The van der Waals surface area contributed by atoms with Crippen molar-refractivity contribution in [3.05, 3.63) is 78.1 Å². The van der Waals surface area contributed by atoms with Crippen molar-refractivity contribution in [2.45, 2.75) is 19.3 Å². The van der Waals surface area contributed by atoms with Gasteiger partial charge in [-0.3, -0.25) is 9.59 Å². The molecule has 3 aromatic rings. The van der Waals surface area contributed by atoms with Crippen molar-refractivity contribution in [1.82, 2.24) is 15.2 Å². The average molecular weight is 421 g/mol. The van der Waals surface area contributed by atoms with Crippen LogP contribution in [0.15, 0.2) is 65.5 Å². The van der Waals surface area contributed by atoms with E-state index in [1.807, 2.05) is 12.1 Å². The fourth-order valence-electron chi connectivity index (χ4n) is 3.83. The number of carbonyl (C=O) groups excluding carboxylic acids is 2. The largest absolute Gasteiger partial charge is 0.444 e. The van der Waals surface area contributed by atoms with Crippen molar-refractivity contribution in [2.75, 3.05) is 19.6 Å². The normalized spacial score (nSPS) is 14.4. The molecule has 31 heavy (non-hydrogen) atoms. The predicted molar refractivity (Wildman–Crippen MR) is 114 cm³/mol. The van der Waals surface area contributed by atoms with Gasteiger partial charge in [0.25, 0.3) is 5.91 Å². The van der Waals surface area contributed by atoms with Crippen molar-refractivity contribution >= 4 is 11.8 Å². The van der Waals surface area contributed by atoms with Crippen LogP contribution in [0, 0.1) is 11.7 Å². The van der Waals surface area contributed by atoms with Gasteiger partial charge in [0.1, 0.15) is 5.82 Å². The molecule has 6 nitrogen and oxygen atoms in total. The van der Waals surface area contributed by atoms with Gasteiger partial charge >= 0.3 is 0 Å². The zero-order valence-electron chi connectivity index (χ0n) is 17.1. The molecule has 1 saturated heterocycles. The molecule has 1 aliphatic rings.